The Morgan fingerprint density at radius 2 is 1.50 bits per heavy atom. The number of aliphatic hydroxyl groups is 1. The lowest BCUT2D eigenvalue weighted by Gasteiger charge is -2.44. The van der Waals surface area contributed by atoms with E-state index in [0.717, 1.165) is 21.5 Å². The number of carbonyl (C=O) groups is 2. The zero-order chi connectivity index (χ0) is 35.7. The first-order valence-corrected chi connectivity index (χ1v) is 19.2. The highest BCUT2D eigenvalue weighted by molar-refractivity contribution is 6.99. The zero-order valence-corrected chi connectivity index (χ0v) is 30.8. The molecule has 2 N–H and O–H groups in total. The van der Waals surface area contributed by atoms with Crippen LogP contribution in [0.1, 0.15) is 44.7 Å². The van der Waals surface area contributed by atoms with E-state index in [-0.39, 0.29) is 29.9 Å². The van der Waals surface area contributed by atoms with Crippen molar-refractivity contribution in [3.63, 3.8) is 0 Å². The number of ether oxygens (including phenoxy) is 2. The van der Waals surface area contributed by atoms with Crippen LogP contribution < -0.4 is 25.2 Å². The number of benzene rings is 4. The van der Waals surface area contributed by atoms with E-state index < -0.39 is 26.4 Å². The summed E-state index contributed by atoms with van der Waals surface area (Å²) in [5.41, 5.74) is 1.76. The molecule has 1 saturated heterocycles. The van der Waals surface area contributed by atoms with Crippen molar-refractivity contribution in [2.45, 2.75) is 63.8 Å². The minimum absolute atomic E-state index is 0.0254. The van der Waals surface area contributed by atoms with E-state index >= 15 is 0 Å². The van der Waals surface area contributed by atoms with Crippen LogP contribution in [0.2, 0.25) is 5.04 Å². The van der Waals surface area contributed by atoms with E-state index in [1.165, 1.54) is 0 Å². The van der Waals surface area contributed by atoms with Gasteiger partial charge in [-0.3, -0.25) is 9.59 Å². The van der Waals surface area contributed by atoms with Gasteiger partial charge in [0.2, 0.25) is 11.8 Å². The summed E-state index contributed by atoms with van der Waals surface area (Å²) in [6.45, 7) is 7.82. The molecule has 2 amide bonds. The average molecular weight is 695 g/mol. The molecule has 0 unspecified atom stereocenters. The van der Waals surface area contributed by atoms with Gasteiger partial charge in [-0.05, 0) is 45.9 Å². The molecule has 1 heterocycles. The molecule has 1 aliphatic heterocycles. The van der Waals surface area contributed by atoms with E-state index in [2.05, 4.69) is 50.4 Å². The van der Waals surface area contributed by atoms with Crippen molar-refractivity contribution in [1.82, 2.24) is 10.2 Å². The highest BCUT2D eigenvalue weighted by Gasteiger charge is 2.50. The van der Waals surface area contributed by atoms with Gasteiger partial charge in [-0.15, -0.1) is 0 Å². The summed E-state index contributed by atoms with van der Waals surface area (Å²) < 4.78 is 18.2. The van der Waals surface area contributed by atoms with Crippen LogP contribution in [-0.4, -0.2) is 69.7 Å². The fourth-order valence-electron chi connectivity index (χ4n) is 7.09. The zero-order valence-electron chi connectivity index (χ0n) is 29.8. The molecule has 0 aromatic heterocycles. The summed E-state index contributed by atoms with van der Waals surface area (Å²) in [4.78, 5) is 29.3. The lowest BCUT2D eigenvalue weighted by atomic mass is 9.98. The van der Waals surface area contributed by atoms with Crippen LogP contribution >= 0.6 is 0 Å². The molecule has 8 nitrogen and oxygen atoms in total. The molecule has 0 saturated carbocycles. The first-order valence-electron chi connectivity index (χ1n) is 17.3. The molecule has 0 spiro atoms. The number of methoxy groups -OCH3 is 2. The van der Waals surface area contributed by atoms with Crippen molar-refractivity contribution < 1.29 is 28.6 Å². The van der Waals surface area contributed by atoms with Crippen molar-refractivity contribution in [1.29, 1.82) is 0 Å². The fraction of sp³-hybridized carbons (Fsp3) is 0.366. The molecule has 9 heteroatoms. The van der Waals surface area contributed by atoms with Gasteiger partial charge in [-0.2, -0.15) is 0 Å². The number of hydrogen-bond acceptors (Lipinski definition) is 6. The molecule has 0 radical (unpaired) electrons. The SMILES string of the molecule is COc1ccc(CN2CC[C@@H](C[C@@H](CO[Si](c3ccccc3)(c3ccccc3)C(C)(C)C)NC(=O)[C@H](O)Cc3ccccc3)C2=O)c(OC)c1. The fourth-order valence-corrected chi connectivity index (χ4v) is 11.7. The molecule has 0 aliphatic carbocycles. The van der Waals surface area contributed by atoms with Gasteiger partial charge in [-0.25, -0.2) is 0 Å². The van der Waals surface area contributed by atoms with Crippen LogP contribution in [0.4, 0.5) is 0 Å². The number of carbonyl (C=O) groups excluding carboxylic acids is 2. The summed E-state index contributed by atoms with van der Waals surface area (Å²) in [5.74, 6) is 0.577. The highest BCUT2D eigenvalue weighted by atomic mass is 28.4. The van der Waals surface area contributed by atoms with Crippen molar-refractivity contribution in [3.05, 3.63) is 120 Å². The molecule has 4 aromatic rings. The Morgan fingerprint density at radius 1 is 0.900 bits per heavy atom. The number of nitrogens with zero attached hydrogens (tertiary/aromatic N) is 1. The van der Waals surface area contributed by atoms with Gasteiger partial charge in [-0.1, -0.05) is 112 Å². The van der Waals surface area contributed by atoms with E-state index in [1.807, 2.05) is 89.8 Å². The van der Waals surface area contributed by atoms with Gasteiger partial charge < -0.3 is 29.2 Å². The van der Waals surface area contributed by atoms with Crippen molar-refractivity contribution in [2.24, 2.45) is 5.92 Å². The number of likely N-dealkylation sites (tertiary alicyclic amines) is 1. The standard InChI is InChI=1S/C41H50N2O6Si/c1-41(2,3)50(35-17-11-7-12-18-35,36-19-13-8-14-20-36)49-29-33(42-39(45)37(44)25-30-15-9-6-10-16-30)26-31-23-24-43(40(31)46)28-32-21-22-34(47-4)27-38(32)48-5/h6-22,27,31,33,37,44H,23-26,28-29H2,1-5H3,(H,42,45)/t31-,33-,37+/m0/s1. The monoisotopic (exact) mass is 694 g/mol. The summed E-state index contributed by atoms with van der Waals surface area (Å²) >= 11 is 0. The predicted octanol–water partition coefficient (Wildman–Crippen LogP) is 5.11. The summed E-state index contributed by atoms with van der Waals surface area (Å²) in [7, 11) is 0.277. The Hall–Kier alpha value is -4.44. The third kappa shape index (κ3) is 8.46. The molecule has 1 aliphatic rings. The van der Waals surface area contributed by atoms with E-state index in [1.54, 1.807) is 14.2 Å². The Balaban J connectivity index is 1.40. The minimum Gasteiger partial charge on any atom is -0.497 e. The second-order valence-electron chi connectivity index (χ2n) is 14.0. The smallest absolute Gasteiger partial charge is 0.261 e. The van der Waals surface area contributed by atoms with Crippen LogP contribution in [0.15, 0.2) is 109 Å². The topological polar surface area (TPSA) is 97.3 Å². The van der Waals surface area contributed by atoms with Gasteiger partial charge in [0.05, 0.1) is 26.9 Å². The Kier molecular flexibility index (Phi) is 12.2. The van der Waals surface area contributed by atoms with Gasteiger partial charge in [0.1, 0.15) is 17.6 Å². The van der Waals surface area contributed by atoms with Gasteiger partial charge >= 0.3 is 0 Å². The van der Waals surface area contributed by atoms with E-state index in [4.69, 9.17) is 13.9 Å². The predicted molar refractivity (Wildman–Crippen MR) is 199 cm³/mol. The maximum atomic E-state index is 13.9. The number of nitrogens with one attached hydrogen (secondary N) is 1. The van der Waals surface area contributed by atoms with Gasteiger partial charge in [0.15, 0.2) is 0 Å². The third-order valence-electron chi connectivity index (χ3n) is 9.67. The third-order valence-corrected chi connectivity index (χ3v) is 14.7. The van der Waals surface area contributed by atoms with Crippen molar-refractivity contribution in [3.8, 4) is 11.5 Å². The maximum Gasteiger partial charge on any atom is 0.261 e. The number of aliphatic hydroxyl groups excluding tert-OH is 1. The van der Waals surface area contributed by atoms with Crippen molar-refractivity contribution in [2.75, 3.05) is 27.4 Å². The second-order valence-corrected chi connectivity index (χ2v) is 18.3. The normalized spacial score (nSPS) is 16.2. The molecule has 50 heavy (non-hydrogen) atoms. The maximum absolute atomic E-state index is 13.9. The molecule has 4 aromatic carbocycles. The average Bonchev–Trinajstić information content (AvgIpc) is 3.46. The molecule has 264 valence electrons. The summed E-state index contributed by atoms with van der Waals surface area (Å²) in [5, 5.41) is 16.1. The minimum atomic E-state index is -2.94. The Labute approximate surface area is 297 Å². The summed E-state index contributed by atoms with van der Waals surface area (Å²) in [6, 6.07) is 35.3. The van der Waals surface area contributed by atoms with Gasteiger partial charge in [0.25, 0.3) is 8.32 Å². The second kappa shape index (κ2) is 16.5. The molecular weight excluding hydrogens is 645 g/mol. The van der Waals surface area contributed by atoms with Crippen molar-refractivity contribution >= 4 is 30.5 Å². The largest absolute Gasteiger partial charge is 0.497 e. The molecule has 3 atom stereocenters. The lowest BCUT2D eigenvalue weighted by Crippen LogP contribution is -2.67. The first kappa shape index (κ1) is 36.8. The van der Waals surface area contributed by atoms with Crippen LogP contribution in [0.25, 0.3) is 0 Å². The van der Waals surface area contributed by atoms with Crippen LogP contribution in [0.3, 0.4) is 0 Å². The number of hydrogen-bond donors (Lipinski definition) is 2. The quantitative estimate of drug-likeness (QED) is 0.168. The van der Waals surface area contributed by atoms with Crippen LogP contribution in [0.5, 0.6) is 11.5 Å². The molecule has 5 rings (SSSR count). The Morgan fingerprint density at radius 3 is 2.06 bits per heavy atom. The summed E-state index contributed by atoms with van der Waals surface area (Å²) in [6.07, 6.45) is -0.0208. The van der Waals surface area contributed by atoms with E-state index in [9.17, 15) is 14.7 Å². The molecular formula is C41H50N2O6Si. The lowest BCUT2D eigenvalue weighted by molar-refractivity contribution is -0.133. The van der Waals surface area contributed by atoms with Crippen LogP contribution in [-0.2, 0) is 27.0 Å². The van der Waals surface area contributed by atoms with E-state index in [0.29, 0.717) is 37.4 Å². The highest BCUT2D eigenvalue weighted by Crippen LogP contribution is 2.37. The Bertz CT molecular complexity index is 1660. The molecule has 1 fully saturated rings. The number of amides is 2. The first-order chi connectivity index (χ1) is 24.1. The number of rotatable bonds is 15. The van der Waals surface area contributed by atoms with Gasteiger partial charge in [0, 0.05) is 37.1 Å². The molecule has 0 bridgehead atoms. The van der Waals surface area contributed by atoms with Crippen LogP contribution in [0, 0.1) is 5.92 Å².